The fourth-order valence-electron chi connectivity index (χ4n) is 4.94. The Balaban J connectivity index is 1.48. The second-order valence-electron chi connectivity index (χ2n) is 9.55. The predicted octanol–water partition coefficient (Wildman–Crippen LogP) is 4.98. The Labute approximate surface area is 199 Å². The number of aromatic nitrogens is 3. The summed E-state index contributed by atoms with van der Waals surface area (Å²) < 4.78 is 0. The van der Waals surface area contributed by atoms with E-state index in [0.717, 1.165) is 52.8 Å². The van der Waals surface area contributed by atoms with E-state index in [4.69, 9.17) is 9.97 Å². The van der Waals surface area contributed by atoms with Crippen LogP contribution in [0.3, 0.4) is 0 Å². The van der Waals surface area contributed by atoms with Crippen LogP contribution in [0.2, 0.25) is 0 Å². The van der Waals surface area contributed by atoms with E-state index in [1.807, 2.05) is 12.3 Å². The van der Waals surface area contributed by atoms with Crippen LogP contribution in [0.4, 0.5) is 5.95 Å². The summed E-state index contributed by atoms with van der Waals surface area (Å²) in [6, 6.07) is 10.9. The zero-order valence-electron chi connectivity index (χ0n) is 19.3. The molecule has 174 valence electrons. The second kappa shape index (κ2) is 9.87. The third-order valence-corrected chi connectivity index (χ3v) is 7.88. The summed E-state index contributed by atoms with van der Waals surface area (Å²) in [7, 11) is 0. The number of hydrogen-bond acceptors (Lipinski definition) is 7. The monoisotopic (exact) mass is 463 g/mol. The molecule has 1 aliphatic heterocycles. The third-order valence-electron chi connectivity index (χ3n) is 6.80. The number of piperidine rings is 1. The molecule has 5 rings (SSSR count). The molecule has 3 N–H and O–H groups in total. The largest absolute Gasteiger partial charge is 0.389 e. The first-order valence-corrected chi connectivity index (χ1v) is 13.0. The van der Waals surface area contributed by atoms with E-state index in [0.29, 0.717) is 18.4 Å². The molecule has 33 heavy (non-hydrogen) atoms. The molecule has 0 radical (unpaired) electrons. The van der Waals surface area contributed by atoms with Gasteiger partial charge in [-0.1, -0.05) is 43.0 Å². The van der Waals surface area contributed by atoms with Gasteiger partial charge in [0.2, 0.25) is 5.95 Å². The topological polar surface area (TPSA) is 83.0 Å². The molecule has 3 aromatic rings. The molecule has 1 aliphatic carbocycles. The van der Waals surface area contributed by atoms with E-state index in [2.05, 4.69) is 46.8 Å². The van der Waals surface area contributed by atoms with Gasteiger partial charge in [0, 0.05) is 24.2 Å². The van der Waals surface area contributed by atoms with E-state index >= 15 is 0 Å². The Hall–Kier alpha value is -2.35. The van der Waals surface area contributed by atoms with Gasteiger partial charge in [-0.2, -0.15) is 0 Å². The van der Waals surface area contributed by atoms with E-state index < -0.39 is 5.60 Å². The van der Waals surface area contributed by atoms with Crippen LogP contribution < -0.4 is 10.6 Å². The van der Waals surface area contributed by atoms with E-state index in [9.17, 15) is 5.11 Å². The number of rotatable bonds is 6. The number of hydrogen-bond donors (Lipinski definition) is 3. The average Bonchev–Trinajstić information content (AvgIpc) is 3.24. The Bertz CT molecular complexity index is 1090. The SMILES string of the molecule is Cc1cccc(-c2nc(CC3(O)CCNCC3)sc2-c2ccnc(NC3CCCCC3)n2)c1. The highest BCUT2D eigenvalue weighted by Crippen LogP contribution is 2.38. The van der Waals surface area contributed by atoms with E-state index in [-0.39, 0.29) is 0 Å². The van der Waals surface area contributed by atoms with Crippen molar-refractivity contribution in [3.05, 3.63) is 47.1 Å². The van der Waals surface area contributed by atoms with Crippen molar-refractivity contribution in [2.45, 2.75) is 69.9 Å². The van der Waals surface area contributed by atoms with E-state index in [1.165, 1.54) is 37.7 Å². The summed E-state index contributed by atoms with van der Waals surface area (Å²) in [5.41, 5.74) is 3.43. The van der Waals surface area contributed by atoms with Gasteiger partial charge < -0.3 is 15.7 Å². The van der Waals surface area contributed by atoms with Crippen LogP contribution in [0.1, 0.15) is 55.5 Å². The minimum Gasteiger partial charge on any atom is -0.389 e. The summed E-state index contributed by atoms with van der Waals surface area (Å²) in [6.45, 7) is 3.80. The zero-order valence-corrected chi connectivity index (χ0v) is 20.1. The maximum absolute atomic E-state index is 11.1. The average molecular weight is 464 g/mol. The quantitative estimate of drug-likeness (QED) is 0.478. The van der Waals surface area contributed by atoms with Gasteiger partial charge in [-0.05, 0) is 57.8 Å². The summed E-state index contributed by atoms with van der Waals surface area (Å²) in [5, 5.41) is 19.0. The smallest absolute Gasteiger partial charge is 0.223 e. The first kappa shape index (κ1) is 22.4. The molecule has 1 aromatic carbocycles. The lowest BCUT2D eigenvalue weighted by Gasteiger charge is -2.31. The number of benzene rings is 1. The van der Waals surface area contributed by atoms with Gasteiger partial charge >= 0.3 is 0 Å². The van der Waals surface area contributed by atoms with Crippen LogP contribution in [0.25, 0.3) is 21.8 Å². The van der Waals surface area contributed by atoms with Crippen LogP contribution >= 0.6 is 11.3 Å². The molecule has 0 amide bonds. The minimum absolute atomic E-state index is 0.455. The van der Waals surface area contributed by atoms with Crippen molar-refractivity contribution in [3.63, 3.8) is 0 Å². The molecule has 2 aromatic heterocycles. The summed E-state index contributed by atoms with van der Waals surface area (Å²) in [5.74, 6) is 0.696. The Kier molecular flexibility index (Phi) is 6.71. The number of nitrogens with zero attached hydrogens (tertiary/aromatic N) is 3. The molecule has 0 spiro atoms. The van der Waals surface area contributed by atoms with Gasteiger partial charge in [0.05, 0.1) is 26.9 Å². The van der Waals surface area contributed by atoms with Crippen molar-refractivity contribution in [3.8, 4) is 21.8 Å². The standard InChI is InChI=1S/C26H33N5OS/c1-18-6-5-7-19(16-18)23-24(33-22(31-23)17-26(32)11-14-27-15-12-26)21-10-13-28-25(30-21)29-20-8-3-2-4-9-20/h5-7,10,13,16,20,27,32H,2-4,8-9,11-12,14-15,17H2,1H3,(H,28,29,30). The normalized spacial score (nSPS) is 18.8. The van der Waals surface area contributed by atoms with Gasteiger partial charge in [-0.25, -0.2) is 15.0 Å². The van der Waals surface area contributed by atoms with Crippen LogP contribution in [0.15, 0.2) is 36.5 Å². The summed E-state index contributed by atoms with van der Waals surface area (Å²) >= 11 is 1.65. The molecule has 7 heteroatoms. The molecule has 3 heterocycles. The lowest BCUT2D eigenvalue weighted by atomic mass is 9.89. The van der Waals surface area contributed by atoms with Crippen LogP contribution in [-0.4, -0.2) is 44.8 Å². The minimum atomic E-state index is -0.691. The number of thiazole rings is 1. The summed E-state index contributed by atoms with van der Waals surface area (Å²) in [4.78, 5) is 15.5. The first-order valence-electron chi connectivity index (χ1n) is 12.2. The van der Waals surface area contributed by atoms with Crippen molar-refractivity contribution in [2.24, 2.45) is 0 Å². The number of anilines is 1. The van der Waals surface area contributed by atoms with Crippen molar-refractivity contribution >= 4 is 17.3 Å². The van der Waals surface area contributed by atoms with E-state index in [1.54, 1.807) is 11.3 Å². The molecule has 1 saturated heterocycles. The fourth-order valence-corrected chi connectivity index (χ4v) is 6.13. The molecule has 1 saturated carbocycles. The molecular weight excluding hydrogens is 430 g/mol. The highest BCUT2D eigenvalue weighted by atomic mass is 32.1. The highest BCUT2D eigenvalue weighted by molar-refractivity contribution is 7.15. The molecule has 2 aliphatic rings. The Morgan fingerprint density at radius 2 is 1.94 bits per heavy atom. The van der Waals surface area contributed by atoms with Crippen molar-refractivity contribution in [1.82, 2.24) is 20.3 Å². The number of aryl methyl sites for hydroxylation is 1. The molecule has 0 bridgehead atoms. The van der Waals surface area contributed by atoms with Crippen LogP contribution in [0.5, 0.6) is 0 Å². The Morgan fingerprint density at radius 1 is 1.12 bits per heavy atom. The second-order valence-corrected chi connectivity index (χ2v) is 10.6. The maximum Gasteiger partial charge on any atom is 0.223 e. The molecule has 0 atom stereocenters. The number of aliphatic hydroxyl groups is 1. The predicted molar refractivity (Wildman–Crippen MR) is 135 cm³/mol. The van der Waals surface area contributed by atoms with Crippen molar-refractivity contribution < 1.29 is 5.11 Å². The van der Waals surface area contributed by atoms with Gasteiger partial charge in [-0.15, -0.1) is 11.3 Å². The lowest BCUT2D eigenvalue weighted by molar-refractivity contribution is 0.0108. The fraction of sp³-hybridized carbons (Fsp3) is 0.500. The molecule has 2 fully saturated rings. The zero-order chi connectivity index (χ0) is 22.7. The highest BCUT2D eigenvalue weighted by Gasteiger charge is 2.31. The Morgan fingerprint density at radius 3 is 2.73 bits per heavy atom. The maximum atomic E-state index is 11.1. The van der Waals surface area contributed by atoms with Crippen molar-refractivity contribution in [1.29, 1.82) is 0 Å². The molecule has 6 nitrogen and oxygen atoms in total. The molecule has 0 unspecified atom stereocenters. The molecular formula is C26H33N5OS. The van der Waals surface area contributed by atoms with Gasteiger partial charge in [0.15, 0.2) is 0 Å². The van der Waals surface area contributed by atoms with Crippen LogP contribution in [-0.2, 0) is 6.42 Å². The number of nitrogens with one attached hydrogen (secondary N) is 2. The lowest BCUT2D eigenvalue weighted by Crippen LogP contribution is -2.43. The van der Waals surface area contributed by atoms with Gasteiger partial charge in [-0.3, -0.25) is 0 Å². The summed E-state index contributed by atoms with van der Waals surface area (Å²) in [6.07, 6.45) is 10.2. The van der Waals surface area contributed by atoms with Crippen molar-refractivity contribution in [2.75, 3.05) is 18.4 Å². The first-order chi connectivity index (χ1) is 16.1. The third kappa shape index (κ3) is 5.42. The van der Waals surface area contributed by atoms with Gasteiger partial charge in [0.1, 0.15) is 0 Å². The van der Waals surface area contributed by atoms with Gasteiger partial charge in [0.25, 0.3) is 0 Å². The van der Waals surface area contributed by atoms with Crippen LogP contribution in [0, 0.1) is 6.92 Å².